The summed E-state index contributed by atoms with van der Waals surface area (Å²) in [5, 5.41) is 9.22. The third-order valence-electron chi connectivity index (χ3n) is 2.28. The van der Waals surface area contributed by atoms with Gasteiger partial charge in [0.2, 0.25) is 0 Å². The molecule has 1 fully saturated rings. The lowest BCUT2D eigenvalue weighted by atomic mass is 9.95. The highest BCUT2D eigenvalue weighted by Crippen LogP contribution is 2.20. The van der Waals surface area contributed by atoms with E-state index in [4.69, 9.17) is 9.47 Å². The summed E-state index contributed by atoms with van der Waals surface area (Å²) in [5.74, 6) is 0. The predicted octanol–water partition coefficient (Wildman–Crippen LogP) is 0.953. The molecule has 1 aliphatic rings. The third kappa shape index (κ3) is 3.52. The molecule has 0 aromatic carbocycles. The Bertz CT molecular complexity index is 108. The zero-order valence-electron chi connectivity index (χ0n) is 7.66. The van der Waals surface area contributed by atoms with Gasteiger partial charge in [-0.1, -0.05) is 0 Å². The Morgan fingerprint density at radius 1 is 1.17 bits per heavy atom. The van der Waals surface area contributed by atoms with Gasteiger partial charge in [-0.15, -0.1) is 0 Å². The van der Waals surface area contributed by atoms with E-state index in [1.807, 2.05) is 0 Å². The van der Waals surface area contributed by atoms with Gasteiger partial charge in [-0.05, 0) is 25.7 Å². The van der Waals surface area contributed by atoms with Gasteiger partial charge in [0.25, 0.3) is 0 Å². The zero-order chi connectivity index (χ0) is 8.81. The third-order valence-corrected chi connectivity index (χ3v) is 2.28. The monoisotopic (exact) mass is 174 g/mol. The van der Waals surface area contributed by atoms with Crippen molar-refractivity contribution < 1.29 is 14.6 Å². The van der Waals surface area contributed by atoms with Crippen LogP contribution in [0.2, 0.25) is 0 Å². The molecule has 3 heteroatoms. The summed E-state index contributed by atoms with van der Waals surface area (Å²) in [5.41, 5.74) is 0. The summed E-state index contributed by atoms with van der Waals surface area (Å²) < 4.78 is 10.4. The van der Waals surface area contributed by atoms with E-state index in [1.165, 1.54) is 0 Å². The smallest absolute Gasteiger partial charge is 0.0704 e. The van der Waals surface area contributed by atoms with Crippen molar-refractivity contribution in [2.24, 2.45) is 0 Å². The second kappa shape index (κ2) is 5.51. The van der Waals surface area contributed by atoms with Crippen molar-refractivity contribution in [3.8, 4) is 0 Å². The van der Waals surface area contributed by atoms with Gasteiger partial charge in [-0.2, -0.15) is 0 Å². The van der Waals surface area contributed by atoms with Gasteiger partial charge in [0.15, 0.2) is 0 Å². The van der Waals surface area contributed by atoms with E-state index in [0.29, 0.717) is 19.3 Å². The highest BCUT2D eigenvalue weighted by Gasteiger charge is 2.19. The molecule has 1 saturated carbocycles. The van der Waals surface area contributed by atoms with Crippen molar-refractivity contribution in [1.29, 1.82) is 0 Å². The van der Waals surface area contributed by atoms with Crippen molar-refractivity contribution in [2.45, 2.75) is 37.9 Å². The SMILES string of the molecule is COCCOC1CCC(O)CC1. The van der Waals surface area contributed by atoms with E-state index in [2.05, 4.69) is 0 Å². The number of aliphatic hydroxyl groups excluding tert-OH is 1. The quantitative estimate of drug-likeness (QED) is 0.645. The highest BCUT2D eigenvalue weighted by molar-refractivity contribution is 4.71. The molecule has 1 rings (SSSR count). The van der Waals surface area contributed by atoms with E-state index >= 15 is 0 Å². The molecule has 0 unspecified atom stereocenters. The summed E-state index contributed by atoms with van der Waals surface area (Å²) in [6.45, 7) is 1.34. The summed E-state index contributed by atoms with van der Waals surface area (Å²) in [6, 6.07) is 0. The fourth-order valence-corrected chi connectivity index (χ4v) is 1.51. The van der Waals surface area contributed by atoms with Crippen LogP contribution in [0.1, 0.15) is 25.7 Å². The molecule has 0 bridgehead atoms. The average molecular weight is 174 g/mol. The lowest BCUT2D eigenvalue weighted by molar-refractivity contribution is -0.0216. The van der Waals surface area contributed by atoms with Crippen LogP contribution >= 0.6 is 0 Å². The maximum atomic E-state index is 9.22. The molecule has 1 aliphatic carbocycles. The Labute approximate surface area is 73.7 Å². The number of ether oxygens (including phenoxy) is 2. The molecule has 0 heterocycles. The van der Waals surface area contributed by atoms with Crippen LogP contribution in [0.3, 0.4) is 0 Å². The Balaban J connectivity index is 2.01. The second-order valence-corrected chi connectivity index (χ2v) is 3.29. The molecule has 0 atom stereocenters. The van der Waals surface area contributed by atoms with Crippen molar-refractivity contribution >= 4 is 0 Å². The van der Waals surface area contributed by atoms with Crippen LogP contribution in [-0.4, -0.2) is 37.6 Å². The fraction of sp³-hybridized carbons (Fsp3) is 1.00. The number of hydrogen-bond acceptors (Lipinski definition) is 3. The normalized spacial score (nSPS) is 30.5. The van der Waals surface area contributed by atoms with E-state index in [1.54, 1.807) is 7.11 Å². The Morgan fingerprint density at radius 2 is 1.83 bits per heavy atom. The van der Waals surface area contributed by atoms with Gasteiger partial charge in [-0.25, -0.2) is 0 Å². The Hall–Kier alpha value is -0.120. The van der Waals surface area contributed by atoms with E-state index in [9.17, 15) is 5.11 Å². The highest BCUT2D eigenvalue weighted by atomic mass is 16.5. The Kier molecular flexibility index (Phi) is 4.58. The van der Waals surface area contributed by atoms with Crippen molar-refractivity contribution in [3.63, 3.8) is 0 Å². The molecule has 0 radical (unpaired) electrons. The van der Waals surface area contributed by atoms with Crippen LogP contribution in [0.5, 0.6) is 0 Å². The first-order valence-corrected chi connectivity index (χ1v) is 4.61. The fourth-order valence-electron chi connectivity index (χ4n) is 1.51. The first-order valence-electron chi connectivity index (χ1n) is 4.61. The summed E-state index contributed by atoms with van der Waals surface area (Å²) in [6.07, 6.45) is 4.02. The van der Waals surface area contributed by atoms with Crippen molar-refractivity contribution in [2.75, 3.05) is 20.3 Å². The first-order chi connectivity index (χ1) is 5.83. The maximum absolute atomic E-state index is 9.22. The standard InChI is InChI=1S/C9H18O3/c1-11-6-7-12-9-4-2-8(10)3-5-9/h8-10H,2-7H2,1H3. The number of hydrogen-bond donors (Lipinski definition) is 1. The predicted molar refractivity (Wildman–Crippen MR) is 46.1 cm³/mol. The molecule has 0 saturated heterocycles. The minimum Gasteiger partial charge on any atom is -0.393 e. The Morgan fingerprint density at radius 3 is 2.42 bits per heavy atom. The van der Waals surface area contributed by atoms with Gasteiger partial charge in [-0.3, -0.25) is 0 Å². The largest absolute Gasteiger partial charge is 0.393 e. The molecule has 12 heavy (non-hydrogen) atoms. The molecule has 0 aromatic rings. The molecule has 0 aromatic heterocycles. The molecule has 1 N–H and O–H groups in total. The number of methoxy groups -OCH3 is 1. The molecule has 72 valence electrons. The minimum absolute atomic E-state index is 0.0905. The molecule has 3 nitrogen and oxygen atoms in total. The first kappa shape index (κ1) is 9.96. The van der Waals surface area contributed by atoms with Gasteiger partial charge in [0.05, 0.1) is 25.4 Å². The molecule has 0 amide bonds. The molecular formula is C9H18O3. The van der Waals surface area contributed by atoms with Crippen LogP contribution in [0.15, 0.2) is 0 Å². The van der Waals surface area contributed by atoms with Crippen LogP contribution in [-0.2, 0) is 9.47 Å². The van der Waals surface area contributed by atoms with Gasteiger partial charge >= 0.3 is 0 Å². The lowest BCUT2D eigenvalue weighted by Crippen LogP contribution is -2.25. The van der Waals surface area contributed by atoms with Gasteiger partial charge in [0, 0.05) is 7.11 Å². The zero-order valence-corrected chi connectivity index (χ0v) is 7.66. The van der Waals surface area contributed by atoms with Crippen LogP contribution in [0, 0.1) is 0 Å². The number of rotatable bonds is 4. The summed E-state index contributed by atoms with van der Waals surface area (Å²) >= 11 is 0. The van der Waals surface area contributed by atoms with Gasteiger partial charge in [0.1, 0.15) is 0 Å². The molecule has 0 spiro atoms. The van der Waals surface area contributed by atoms with Crippen molar-refractivity contribution in [1.82, 2.24) is 0 Å². The van der Waals surface area contributed by atoms with E-state index in [-0.39, 0.29) is 6.10 Å². The van der Waals surface area contributed by atoms with Crippen LogP contribution < -0.4 is 0 Å². The van der Waals surface area contributed by atoms with Crippen molar-refractivity contribution in [3.05, 3.63) is 0 Å². The van der Waals surface area contributed by atoms with Gasteiger partial charge < -0.3 is 14.6 Å². The second-order valence-electron chi connectivity index (χ2n) is 3.29. The molecular weight excluding hydrogens is 156 g/mol. The van der Waals surface area contributed by atoms with E-state index < -0.39 is 0 Å². The van der Waals surface area contributed by atoms with E-state index in [0.717, 1.165) is 25.7 Å². The van der Waals surface area contributed by atoms with Crippen LogP contribution in [0.4, 0.5) is 0 Å². The van der Waals surface area contributed by atoms with Crippen LogP contribution in [0.25, 0.3) is 0 Å². The summed E-state index contributed by atoms with van der Waals surface area (Å²) in [7, 11) is 1.67. The molecule has 0 aliphatic heterocycles. The maximum Gasteiger partial charge on any atom is 0.0704 e. The average Bonchev–Trinajstić information content (AvgIpc) is 2.09. The minimum atomic E-state index is -0.0905. The lowest BCUT2D eigenvalue weighted by Gasteiger charge is -2.25. The topological polar surface area (TPSA) is 38.7 Å². The summed E-state index contributed by atoms with van der Waals surface area (Å²) in [4.78, 5) is 0. The number of aliphatic hydroxyl groups is 1.